The van der Waals surface area contributed by atoms with Crippen LogP contribution in [-0.4, -0.2) is 28.8 Å². The van der Waals surface area contributed by atoms with E-state index in [4.69, 9.17) is 4.74 Å². The smallest absolute Gasteiger partial charge is 0.311 e. The molecular weight excluding hydrogens is 326 g/mol. The van der Waals surface area contributed by atoms with E-state index in [2.05, 4.69) is 10.5 Å². The molecule has 1 amide bonds. The van der Waals surface area contributed by atoms with Crippen molar-refractivity contribution in [3.8, 4) is 5.75 Å². The Morgan fingerprint density at radius 3 is 2.56 bits per heavy atom. The van der Waals surface area contributed by atoms with E-state index in [0.29, 0.717) is 16.8 Å². The van der Waals surface area contributed by atoms with Crippen LogP contribution in [-0.2, 0) is 4.79 Å². The lowest BCUT2D eigenvalue weighted by Crippen LogP contribution is -2.26. The average Bonchev–Trinajstić information content (AvgIpc) is 2.65. The summed E-state index contributed by atoms with van der Waals surface area (Å²) in [7, 11) is 1.34. The molecule has 2 aromatic rings. The topological polar surface area (TPSA) is 114 Å². The fourth-order valence-corrected chi connectivity index (χ4v) is 2.11. The number of hydrogen-bond acceptors (Lipinski definition) is 6. The van der Waals surface area contributed by atoms with Crippen LogP contribution in [0.25, 0.3) is 0 Å². The van der Waals surface area contributed by atoms with Crippen LogP contribution >= 0.6 is 0 Å². The summed E-state index contributed by atoms with van der Waals surface area (Å²) in [6.07, 6.45) is -1.36. The average molecular weight is 343 g/mol. The molecule has 130 valence electrons. The van der Waals surface area contributed by atoms with E-state index in [-0.39, 0.29) is 11.4 Å². The van der Waals surface area contributed by atoms with Crippen LogP contribution in [0.1, 0.15) is 24.2 Å². The van der Waals surface area contributed by atoms with Crippen LogP contribution in [0.15, 0.2) is 53.6 Å². The van der Waals surface area contributed by atoms with Crippen LogP contribution in [0.4, 0.5) is 5.69 Å². The molecule has 0 aromatic heterocycles. The third-order valence-corrected chi connectivity index (χ3v) is 3.49. The van der Waals surface area contributed by atoms with E-state index in [1.165, 1.54) is 19.2 Å². The Labute approximate surface area is 143 Å². The number of aliphatic hydroxyl groups excluding tert-OH is 1. The molecular formula is C17H17N3O5. The zero-order valence-corrected chi connectivity index (χ0v) is 13.7. The lowest BCUT2D eigenvalue weighted by atomic mass is 10.1. The summed E-state index contributed by atoms with van der Waals surface area (Å²) < 4.78 is 4.94. The van der Waals surface area contributed by atoms with E-state index in [9.17, 15) is 20.0 Å². The minimum absolute atomic E-state index is 0.130. The number of nitro benzene ring substituents is 1. The number of benzene rings is 2. The van der Waals surface area contributed by atoms with Crippen molar-refractivity contribution in [2.24, 2.45) is 5.10 Å². The van der Waals surface area contributed by atoms with Crippen LogP contribution in [0.3, 0.4) is 0 Å². The first-order valence-corrected chi connectivity index (χ1v) is 7.34. The van der Waals surface area contributed by atoms with Gasteiger partial charge in [0.05, 0.1) is 17.7 Å². The normalized spacial score (nSPS) is 12.4. The van der Waals surface area contributed by atoms with E-state index in [0.717, 1.165) is 0 Å². The first-order chi connectivity index (χ1) is 11.9. The van der Waals surface area contributed by atoms with Crippen LogP contribution in [0.5, 0.6) is 5.75 Å². The molecule has 1 unspecified atom stereocenters. The molecule has 25 heavy (non-hydrogen) atoms. The van der Waals surface area contributed by atoms with Crippen molar-refractivity contribution in [3.63, 3.8) is 0 Å². The molecule has 0 saturated carbocycles. The van der Waals surface area contributed by atoms with Gasteiger partial charge in [-0.15, -0.1) is 0 Å². The second-order valence-electron chi connectivity index (χ2n) is 5.13. The van der Waals surface area contributed by atoms with E-state index in [1.807, 2.05) is 0 Å². The van der Waals surface area contributed by atoms with Crippen molar-refractivity contribution in [1.29, 1.82) is 0 Å². The number of hydrogen-bond donors (Lipinski definition) is 2. The van der Waals surface area contributed by atoms with E-state index >= 15 is 0 Å². The van der Waals surface area contributed by atoms with Gasteiger partial charge in [0.25, 0.3) is 5.91 Å². The Hall–Kier alpha value is -3.26. The molecule has 2 N–H and O–H groups in total. The molecule has 0 spiro atoms. The van der Waals surface area contributed by atoms with Crippen molar-refractivity contribution >= 4 is 17.3 Å². The number of methoxy groups -OCH3 is 1. The summed E-state index contributed by atoms with van der Waals surface area (Å²) in [6.45, 7) is 1.58. The van der Waals surface area contributed by atoms with Gasteiger partial charge in [-0.25, -0.2) is 5.43 Å². The molecule has 1 atom stereocenters. The van der Waals surface area contributed by atoms with Gasteiger partial charge in [-0.3, -0.25) is 14.9 Å². The van der Waals surface area contributed by atoms with Crippen molar-refractivity contribution in [1.82, 2.24) is 5.43 Å². The molecule has 2 rings (SSSR count). The highest BCUT2D eigenvalue weighted by Gasteiger charge is 2.18. The number of carbonyl (C=O) groups is 1. The van der Waals surface area contributed by atoms with E-state index in [1.54, 1.807) is 43.3 Å². The van der Waals surface area contributed by atoms with Crippen molar-refractivity contribution in [3.05, 3.63) is 69.8 Å². The highest BCUT2D eigenvalue weighted by Crippen LogP contribution is 2.27. The van der Waals surface area contributed by atoms with Gasteiger partial charge in [0.15, 0.2) is 11.9 Å². The predicted octanol–water partition coefficient (Wildman–Crippen LogP) is 2.18. The van der Waals surface area contributed by atoms with Gasteiger partial charge in [0.1, 0.15) is 0 Å². The number of nitro groups is 1. The molecule has 0 aliphatic heterocycles. The van der Waals surface area contributed by atoms with Gasteiger partial charge < -0.3 is 9.84 Å². The van der Waals surface area contributed by atoms with E-state index < -0.39 is 16.9 Å². The Morgan fingerprint density at radius 2 is 1.96 bits per heavy atom. The van der Waals surface area contributed by atoms with Crippen LogP contribution in [0.2, 0.25) is 0 Å². The Kier molecular flexibility index (Phi) is 5.80. The molecule has 0 aliphatic carbocycles. The SMILES string of the molecule is COc1ccc(/C(C)=N/NC(=O)C(O)c2ccccc2)cc1[N+](=O)[O-]. The number of ether oxygens (including phenoxy) is 1. The number of aliphatic hydroxyl groups is 1. The zero-order valence-electron chi connectivity index (χ0n) is 13.7. The standard InChI is InChI=1S/C17H17N3O5/c1-11(13-8-9-15(25-2)14(10-13)20(23)24)18-19-17(22)16(21)12-6-4-3-5-7-12/h3-10,16,21H,1-2H3,(H,19,22)/b18-11+. The minimum Gasteiger partial charge on any atom is -0.490 e. The first-order valence-electron chi connectivity index (χ1n) is 7.34. The number of nitrogens with zero attached hydrogens (tertiary/aromatic N) is 2. The summed E-state index contributed by atoms with van der Waals surface area (Å²) in [5.41, 5.74) is 3.28. The Bertz CT molecular complexity index is 805. The molecule has 8 nitrogen and oxygen atoms in total. The summed E-state index contributed by atoms with van der Waals surface area (Å²) in [6, 6.07) is 12.8. The number of rotatable bonds is 6. The maximum atomic E-state index is 12.0. The van der Waals surface area contributed by atoms with Gasteiger partial charge >= 0.3 is 5.69 Å². The van der Waals surface area contributed by atoms with Crippen molar-refractivity contribution < 1.29 is 19.6 Å². The lowest BCUT2D eigenvalue weighted by Gasteiger charge is -2.10. The summed E-state index contributed by atoms with van der Waals surface area (Å²) in [4.78, 5) is 22.4. The third-order valence-electron chi connectivity index (χ3n) is 3.49. The van der Waals surface area contributed by atoms with Gasteiger partial charge in [0, 0.05) is 11.6 Å². The van der Waals surface area contributed by atoms with Crippen LogP contribution in [0, 0.1) is 10.1 Å². The number of amides is 1. The monoisotopic (exact) mass is 343 g/mol. The second kappa shape index (κ2) is 8.02. The van der Waals surface area contributed by atoms with Gasteiger partial charge in [-0.1, -0.05) is 30.3 Å². The quantitative estimate of drug-likeness (QED) is 0.474. The third kappa shape index (κ3) is 4.39. The number of hydrazone groups is 1. The maximum absolute atomic E-state index is 12.0. The fourth-order valence-electron chi connectivity index (χ4n) is 2.11. The first kappa shape index (κ1) is 18.1. The van der Waals surface area contributed by atoms with Gasteiger partial charge in [-0.2, -0.15) is 5.10 Å². The molecule has 0 aliphatic rings. The highest BCUT2D eigenvalue weighted by molar-refractivity contribution is 6.00. The maximum Gasteiger partial charge on any atom is 0.311 e. The molecule has 0 radical (unpaired) electrons. The van der Waals surface area contributed by atoms with Crippen molar-refractivity contribution in [2.75, 3.05) is 7.11 Å². The summed E-state index contributed by atoms with van der Waals surface area (Å²) in [5.74, 6) is -0.571. The summed E-state index contributed by atoms with van der Waals surface area (Å²) >= 11 is 0. The molecule has 0 heterocycles. The number of nitrogens with one attached hydrogen (secondary N) is 1. The lowest BCUT2D eigenvalue weighted by molar-refractivity contribution is -0.385. The largest absolute Gasteiger partial charge is 0.490 e. The second-order valence-corrected chi connectivity index (χ2v) is 5.13. The highest BCUT2D eigenvalue weighted by atomic mass is 16.6. The Morgan fingerprint density at radius 1 is 1.28 bits per heavy atom. The van der Waals surface area contributed by atoms with Crippen LogP contribution < -0.4 is 10.2 Å². The fraction of sp³-hybridized carbons (Fsp3) is 0.176. The molecule has 0 bridgehead atoms. The zero-order chi connectivity index (χ0) is 18.4. The van der Waals surface area contributed by atoms with Gasteiger partial charge in [-0.05, 0) is 24.6 Å². The Balaban J connectivity index is 2.15. The summed E-state index contributed by atoms with van der Waals surface area (Å²) in [5, 5.41) is 24.9. The van der Waals surface area contributed by atoms with Gasteiger partial charge in [0.2, 0.25) is 0 Å². The van der Waals surface area contributed by atoms with Crippen molar-refractivity contribution in [2.45, 2.75) is 13.0 Å². The molecule has 0 saturated heterocycles. The molecule has 0 fully saturated rings. The minimum atomic E-state index is -1.36. The number of carbonyl (C=O) groups excluding carboxylic acids is 1. The molecule has 8 heteroatoms. The molecule has 2 aromatic carbocycles. The predicted molar refractivity (Wildman–Crippen MR) is 91.4 cm³/mol.